The Hall–Kier alpha value is -2.93. The predicted octanol–water partition coefficient (Wildman–Crippen LogP) is 4.87. The van der Waals surface area contributed by atoms with Crippen molar-refractivity contribution in [3.05, 3.63) is 58.6 Å². The fourth-order valence-corrected chi connectivity index (χ4v) is 9.20. The van der Waals surface area contributed by atoms with Crippen LogP contribution in [0.5, 0.6) is 0 Å². The van der Waals surface area contributed by atoms with Gasteiger partial charge in [0, 0.05) is 42.2 Å². The second-order valence-corrected chi connectivity index (χ2v) is 16.1. The standard InChI is InChI=1S/C33H47N6O8PS/c1-22(2)38(23(3)4)48(44-18-12-16-34)47-25-19-29(37-17-15-28(36-31(37)42)35-30(41)24-13-10-9-11-14-24)46-26(25)21-45-49(43)39-32(5,6)20-27(40)33(39,7)8/h9-11,13-15,17,22-23,25-26,29H,12,18-21H2,1-8H3,(H,35,36,41,42)/t25-,26+,29+,48?,49?/m0/s1. The molecular weight excluding hydrogens is 671 g/mol. The first-order valence-electron chi connectivity index (χ1n) is 16.3. The number of hydrogen-bond donors (Lipinski definition) is 1. The number of rotatable bonds is 15. The van der Waals surface area contributed by atoms with Gasteiger partial charge in [-0.2, -0.15) is 14.6 Å². The molecule has 4 rings (SSSR count). The predicted molar refractivity (Wildman–Crippen MR) is 185 cm³/mol. The number of nitrogens with one attached hydrogen (secondary N) is 1. The van der Waals surface area contributed by atoms with Crippen molar-refractivity contribution in [3.63, 3.8) is 0 Å². The lowest BCUT2D eigenvalue weighted by molar-refractivity contribution is -0.122. The third-order valence-corrected chi connectivity index (χ3v) is 12.0. The number of carbonyl (C=O) groups is 2. The van der Waals surface area contributed by atoms with Crippen molar-refractivity contribution >= 4 is 37.3 Å². The molecule has 0 bridgehead atoms. The van der Waals surface area contributed by atoms with Crippen molar-refractivity contribution in [3.8, 4) is 6.07 Å². The lowest BCUT2D eigenvalue weighted by atomic mass is 9.99. The lowest BCUT2D eigenvalue weighted by Gasteiger charge is -2.37. The average Bonchev–Trinajstić information content (AvgIpc) is 3.48. The Kier molecular flexibility index (Phi) is 13.0. The maximum absolute atomic E-state index is 13.6. The first-order chi connectivity index (χ1) is 23.1. The molecule has 3 heterocycles. The van der Waals surface area contributed by atoms with E-state index in [1.165, 1.54) is 16.8 Å². The van der Waals surface area contributed by atoms with Crippen LogP contribution in [0.25, 0.3) is 0 Å². The first kappa shape index (κ1) is 38.9. The summed E-state index contributed by atoms with van der Waals surface area (Å²) in [6.07, 6.45) is -0.229. The average molecular weight is 719 g/mol. The van der Waals surface area contributed by atoms with Crippen LogP contribution in [0, 0.1) is 11.3 Å². The number of ether oxygens (including phenoxy) is 1. The Labute approximate surface area is 291 Å². The Bertz CT molecular complexity index is 1590. The fraction of sp³-hybridized carbons (Fsp3) is 0.606. The zero-order valence-corrected chi connectivity index (χ0v) is 31.0. The van der Waals surface area contributed by atoms with E-state index in [1.807, 2.05) is 41.5 Å². The summed E-state index contributed by atoms with van der Waals surface area (Å²) in [5, 5.41) is 11.8. The molecule has 0 spiro atoms. The molecule has 2 unspecified atom stereocenters. The number of hydrogen-bond acceptors (Lipinski definition) is 11. The summed E-state index contributed by atoms with van der Waals surface area (Å²) in [6.45, 7) is 15.2. The van der Waals surface area contributed by atoms with E-state index < -0.39 is 60.9 Å². The largest absolute Gasteiger partial charge is 0.351 e. The quantitative estimate of drug-likeness (QED) is 0.197. The van der Waals surface area contributed by atoms with Crippen molar-refractivity contribution < 1.29 is 31.8 Å². The molecule has 2 saturated heterocycles. The minimum atomic E-state index is -2.01. The topological polar surface area (TPSA) is 165 Å². The van der Waals surface area contributed by atoms with E-state index in [-0.39, 0.29) is 56.2 Å². The molecule has 2 aliphatic heterocycles. The van der Waals surface area contributed by atoms with Crippen molar-refractivity contribution in [1.82, 2.24) is 18.5 Å². The molecule has 5 atom stereocenters. The molecule has 1 N–H and O–H groups in total. The van der Waals surface area contributed by atoms with Gasteiger partial charge in [-0.1, -0.05) is 18.2 Å². The van der Waals surface area contributed by atoms with Gasteiger partial charge >= 0.3 is 5.69 Å². The van der Waals surface area contributed by atoms with Crippen LogP contribution in [-0.4, -0.2) is 83.0 Å². The van der Waals surface area contributed by atoms with E-state index in [0.29, 0.717) is 5.56 Å². The lowest BCUT2D eigenvalue weighted by Crippen LogP contribution is -2.51. The Morgan fingerprint density at radius 1 is 1.16 bits per heavy atom. The van der Waals surface area contributed by atoms with Crippen molar-refractivity contribution in [2.24, 2.45) is 0 Å². The van der Waals surface area contributed by atoms with E-state index in [1.54, 1.807) is 48.5 Å². The molecule has 1 aromatic carbocycles. The molecular formula is C33H47N6O8PS. The summed E-state index contributed by atoms with van der Waals surface area (Å²) in [7, 11) is -1.69. The highest BCUT2D eigenvalue weighted by molar-refractivity contribution is 7.77. The number of nitrogens with zero attached hydrogens (tertiary/aromatic N) is 5. The second kappa shape index (κ2) is 16.4. The number of anilines is 1. The molecule has 1 aromatic heterocycles. The van der Waals surface area contributed by atoms with Crippen LogP contribution in [0.4, 0.5) is 5.82 Å². The van der Waals surface area contributed by atoms with Crippen LogP contribution in [0.15, 0.2) is 47.4 Å². The SMILES string of the molecule is CC(C)N(C(C)C)P(OCCC#N)O[C@H]1C[C@H](n2ccc(NC(=O)c3ccccc3)nc2=O)O[C@@H]1COS(=O)N1C(C)(C)CC(=O)C1(C)C. The smallest absolute Gasteiger partial charge is 0.349 e. The molecule has 268 valence electrons. The zero-order chi connectivity index (χ0) is 36.1. The zero-order valence-electron chi connectivity index (χ0n) is 29.3. The molecule has 1 amide bonds. The van der Waals surface area contributed by atoms with E-state index >= 15 is 0 Å². The van der Waals surface area contributed by atoms with Gasteiger partial charge in [-0.3, -0.25) is 18.3 Å². The highest BCUT2D eigenvalue weighted by atomic mass is 32.2. The van der Waals surface area contributed by atoms with Crippen LogP contribution in [0.1, 0.15) is 91.2 Å². The summed E-state index contributed by atoms with van der Waals surface area (Å²) >= 11 is -2.01. The van der Waals surface area contributed by atoms with Gasteiger partial charge < -0.3 is 19.1 Å². The number of Topliss-reactive ketones (excluding diaryl/α,β-unsaturated/α-hetero) is 1. The maximum Gasteiger partial charge on any atom is 0.351 e. The van der Waals surface area contributed by atoms with E-state index in [2.05, 4.69) is 21.0 Å². The van der Waals surface area contributed by atoms with Crippen LogP contribution in [-0.2, 0) is 34.0 Å². The summed E-state index contributed by atoms with van der Waals surface area (Å²) in [5.74, 6) is -0.358. The third-order valence-electron chi connectivity index (χ3n) is 8.30. The Morgan fingerprint density at radius 3 is 2.41 bits per heavy atom. The minimum Gasteiger partial charge on any atom is -0.349 e. The van der Waals surface area contributed by atoms with Gasteiger partial charge in [0.05, 0.1) is 37.3 Å². The number of benzene rings is 1. The van der Waals surface area contributed by atoms with E-state index in [4.69, 9.17) is 23.2 Å². The number of amides is 1. The first-order valence-corrected chi connectivity index (χ1v) is 18.5. The van der Waals surface area contributed by atoms with Crippen LogP contribution < -0.4 is 11.0 Å². The number of ketones is 1. The van der Waals surface area contributed by atoms with Gasteiger partial charge in [-0.15, -0.1) is 0 Å². The number of nitriles is 1. The summed E-state index contributed by atoms with van der Waals surface area (Å²) in [4.78, 5) is 42.7. The van der Waals surface area contributed by atoms with Crippen LogP contribution in [0.3, 0.4) is 0 Å². The van der Waals surface area contributed by atoms with Gasteiger partial charge in [0.25, 0.3) is 14.4 Å². The highest BCUT2D eigenvalue weighted by Crippen LogP contribution is 2.50. The van der Waals surface area contributed by atoms with E-state index in [0.717, 1.165) is 0 Å². The normalized spacial score (nSPS) is 23.2. The molecule has 0 saturated carbocycles. The maximum atomic E-state index is 13.6. The fourth-order valence-electron chi connectivity index (χ4n) is 6.14. The molecule has 0 aliphatic carbocycles. The monoisotopic (exact) mass is 718 g/mol. The summed E-state index contributed by atoms with van der Waals surface area (Å²) < 4.78 is 43.6. The molecule has 0 radical (unpaired) electrons. The molecule has 2 aromatic rings. The summed E-state index contributed by atoms with van der Waals surface area (Å²) in [5.41, 5.74) is -1.94. The van der Waals surface area contributed by atoms with Gasteiger partial charge in [-0.05, 0) is 73.6 Å². The molecule has 16 heteroatoms. The number of aromatic nitrogens is 2. The van der Waals surface area contributed by atoms with Crippen LogP contribution in [0.2, 0.25) is 0 Å². The number of carbonyl (C=O) groups excluding carboxylic acids is 2. The Balaban J connectivity index is 1.58. The highest BCUT2D eigenvalue weighted by Gasteiger charge is 2.54. The molecule has 2 aliphatic rings. The van der Waals surface area contributed by atoms with Crippen LogP contribution >= 0.6 is 8.53 Å². The Morgan fingerprint density at radius 2 is 1.84 bits per heavy atom. The minimum absolute atomic E-state index is 0.0363. The van der Waals surface area contributed by atoms with Gasteiger partial charge in [0.2, 0.25) is 11.3 Å². The summed E-state index contributed by atoms with van der Waals surface area (Å²) in [6, 6.07) is 12.2. The second-order valence-electron chi connectivity index (χ2n) is 13.6. The van der Waals surface area contributed by atoms with Gasteiger partial charge in [-0.25, -0.2) is 13.7 Å². The molecule has 14 nitrogen and oxygen atoms in total. The molecule has 2 fully saturated rings. The van der Waals surface area contributed by atoms with Gasteiger partial charge in [0.1, 0.15) is 18.1 Å². The van der Waals surface area contributed by atoms with Gasteiger partial charge in [0.15, 0.2) is 5.78 Å². The molecule has 49 heavy (non-hydrogen) atoms. The van der Waals surface area contributed by atoms with Crippen molar-refractivity contribution in [1.29, 1.82) is 5.26 Å². The van der Waals surface area contributed by atoms with Crippen molar-refractivity contribution in [2.45, 2.75) is 116 Å². The van der Waals surface area contributed by atoms with Crippen molar-refractivity contribution in [2.75, 3.05) is 18.5 Å². The van der Waals surface area contributed by atoms with E-state index in [9.17, 15) is 18.6 Å². The third kappa shape index (κ3) is 9.25.